The number of hydrogen-bond acceptors (Lipinski definition) is 2. The molecule has 0 aliphatic heterocycles. The SMILES string of the molecule is CC1CCC(C#N)(NC2CCCCC2)CC1C. The number of nitrogens with zero attached hydrogens (tertiary/aromatic N) is 1. The Hall–Kier alpha value is -0.550. The minimum Gasteiger partial charge on any atom is -0.297 e. The van der Waals surface area contributed by atoms with E-state index in [-0.39, 0.29) is 5.54 Å². The van der Waals surface area contributed by atoms with Gasteiger partial charge in [-0.3, -0.25) is 5.32 Å². The van der Waals surface area contributed by atoms with Gasteiger partial charge in [0.15, 0.2) is 0 Å². The fourth-order valence-electron chi connectivity index (χ4n) is 3.51. The van der Waals surface area contributed by atoms with Crippen LogP contribution in [-0.4, -0.2) is 11.6 Å². The van der Waals surface area contributed by atoms with E-state index in [1.54, 1.807) is 0 Å². The highest BCUT2D eigenvalue weighted by molar-refractivity contribution is 5.11. The van der Waals surface area contributed by atoms with Gasteiger partial charge in [0.05, 0.1) is 6.07 Å². The lowest BCUT2D eigenvalue weighted by Gasteiger charge is -2.41. The highest BCUT2D eigenvalue weighted by Crippen LogP contribution is 2.37. The van der Waals surface area contributed by atoms with Crippen LogP contribution in [-0.2, 0) is 0 Å². The van der Waals surface area contributed by atoms with E-state index in [1.165, 1.54) is 38.5 Å². The van der Waals surface area contributed by atoms with E-state index in [1.807, 2.05) is 0 Å². The molecule has 0 spiro atoms. The molecular weight excluding hydrogens is 208 g/mol. The lowest BCUT2D eigenvalue weighted by atomic mass is 9.71. The second-order valence-electron chi connectivity index (χ2n) is 6.37. The number of rotatable bonds is 2. The quantitative estimate of drug-likeness (QED) is 0.792. The van der Waals surface area contributed by atoms with E-state index in [0.717, 1.165) is 18.8 Å². The summed E-state index contributed by atoms with van der Waals surface area (Å²) < 4.78 is 0. The molecular formula is C15H26N2. The molecule has 0 radical (unpaired) electrons. The summed E-state index contributed by atoms with van der Waals surface area (Å²) in [6.07, 6.45) is 9.89. The molecule has 2 aliphatic rings. The Kier molecular flexibility index (Phi) is 4.09. The van der Waals surface area contributed by atoms with Crippen LogP contribution in [0.1, 0.15) is 65.2 Å². The summed E-state index contributed by atoms with van der Waals surface area (Å²) in [7, 11) is 0. The molecule has 2 saturated carbocycles. The lowest BCUT2D eigenvalue weighted by molar-refractivity contribution is 0.160. The molecule has 0 heterocycles. The first-order valence-corrected chi connectivity index (χ1v) is 7.34. The van der Waals surface area contributed by atoms with E-state index >= 15 is 0 Å². The van der Waals surface area contributed by atoms with Gasteiger partial charge in [0.2, 0.25) is 0 Å². The van der Waals surface area contributed by atoms with E-state index in [2.05, 4.69) is 25.2 Å². The molecule has 96 valence electrons. The van der Waals surface area contributed by atoms with E-state index in [0.29, 0.717) is 12.0 Å². The molecule has 3 unspecified atom stereocenters. The Morgan fingerprint density at radius 1 is 1.06 bits per heavy atom. The summed E-state index contributed by atoms with van der Waals surface area (Å²) >= 11 is 0. The molecule has 0 saturated heterocycles. The van der Waals surface area contributed by atoms with Gasteiger partial charge in [-0.25, -0.2) is 0 Å². The van der Waals surface area contributed by atoms with Crippen molar-refractivity contribution in [1.82, 2.24) is 5.32 Å². The van der Waals surface area contributed by atoms with Crippen LogP contribution in [0.4, 0.5) is 0 Å². The third-order valence-electron chi connectivity index (χ3n) is 4.97. The molecule has 2 nitrogen and oxygen atoms in total. The Balaban J connectivity index is 1.97. The van der Waals surface area contributed by atoms with Gasteiger partial charge in [-0.05, 0) is 43.9 Å². The predicted molar refractivity (Wildman–Crippen MR) is 70.5 cm³/mol. The fourth-order valence-corrected chi connectivity index (χ4v) is 3.51. The van der Waals surface area contributed by atoms with Gasteiger partial charge in [0.1, 0.15) is 5.54 Å². The highest BCUT2D eigenvalue weighted by atomic mass is 15.0. The monoisotopic (exact) mass is 234 g/mol. The zero-order valence-corrected chi connectivity index (χ0v) is 11.3. The van der Waals surface area contributed by atoms with E-state index < -0.39 is 0 Å². The molecule has 0 aromatic rings. The molecule has 0 amide bonds. The van der Waals surface area contributed by atoms with Crippen molar-refractivity contribution >= 4 is 0 Å². The molecule has 0 aromatic heterocycles. The van der Waals surface area contributed by atoms with Gasteiger partial charge in [0, 0.05) is 6.04 Å². The molecule has 17 heavy (non-hydrogen) atoms. The largest absolute Gasteiger partial charge is 0.297 e. The van der Waals surface area contributed by atoms with Crippen molar-refractivity contribution in [3.05, 3.63) is 0 Å². The van der Waals surface area contributed by atoms with Crippen molar-refractivity contribution in [2.75, 3.05) is 0 Å². The van der Waals surface area contributed by atoms with Crippen molar-refractivity contribution in [1.29, 1.82) is 5.26 Å². The molecule has 0 bridgehead atoms. The van der Waals surface area contributed by atoms with Crippen LogP contribution in [0.25, 0.3) is 0 Å². The standard InChI is InChI=1S/C15H26N2/c1-12-8-9-15(11-16,10-13(12)2)17-14-6-4-3-5-7-14/h12-14,17H,3-10H2,1-2H3. The van der Waals surface area contributed by atoms with Crippen LogP contribution in [0, 0.1) is 23.2 Å². The van der Waals surface area contributed by atoms with Crippen molar-refractivity contribution in [3.63, 3.8) is 0 Å². The maximum atomic E-state index is 9.56. The van der Waals surface area contributed by atoms with Crippen LogP contribution in [0.2, 0.25) is 0 Å². The lowest BCUT2D eigenvalue weighted by Crippen LogP contribution is -2.53. The molecule has 1 N–H and O–H groups in total. The summed E-state index contributed by atoms with van der Waals surface area (Å²) in [4.78, 5) is 0. The second kappa shape index (κ2) is 5.40. The first-order valence-electron chi connectivity index (χ1n) is 7.34. The maximum Gasteiger partial charge on any atom is 0.107 e. The van der Waals surface area contributed by atoms with E-state index in [9.17, 15) is 5.26 Å². The Morgan fingerprint density at radius 2 is 1.76 bits per heavy atom. The van der Waals surface area contributed by atoms with Crippen LogP contribution in [0.5, 0.6) is 0 Å². The third-order valence-corrected chi connectivity index (χ3v) is 4.97. The second-order valence-corrected chi connectivity index (χ2v) is 6.37. The molecule has 2 aliphatic carbocycles. The van der Waals surface area contributed by atoms with Crippen LogP contribution >= 0.6 is 0 Å². The van der Waals surface area contributed by atoms with Crippen LogP contribution in [0.15, 0.2) is 0 Å². The third kappa shape index (κ3) is 3.01. The minimum absolute atomic E-state index is 0.214. The van der Waals surface area contributed by atoms with Crippen LogP contribution < -0.4 is 5.32 Å². The van der Waals surface area contributed by atoms with Gasteiger partial charge in [-0.15, -0.1) is 0 Å². The Labute approximate surface area is 106 Å². The smallest absolute Gasteiger partial charge is 0.107 e. The molecule has 2 fully saturated rings. The normalized spacial score (nSPS) is 39.8. The Morgan fingerprint density at radius 3 is 2.35 bits per heavy atom. The van der Waals surface area contributed by atoms with E-state index in [4.69, 9.17) is 0 Å². The predicted octanol–water partition coefficient (Wildman–Crippen LogP) is 3.63. The fraction of sp³-hybridized carbons (Fsp3) is 0.933. The summed E-state index contributed by atoms with van der Waals surface area (Å²) in [6, 6.07) is 3.21. The first kappa shape index (κ1) is 12.9. The molecule has 2 heteroatoms. The van der Waals surface area contributed by atoms with Gasteiger partial charge < -0.3 is 0 Å². The Bertz CT molecular complexity index is 288. The van der Waals surface area contributed by atoms with Crippen molar-refractivity contribution in [3.8, 4) is 6.07 Å². The van der Waals surface area contributed by atoms with Crippen molar-refractivity contribution < 1.29 is 0 Å². The number of nitrogens with one attached hydrogen (secondary N) is 1. The first-order chi connectivity index (χ1) is 8.15. The molecule has 0 aromatic carbocycles. The van der Waals surface area contributed by atoms with Gasteiger partial charge in [-0.2, -0.15) is 5.26 Å². The number of nitriles is 1. The summed E-state index contributed by atoms with van der Waals surface area (Å²) in [5, 5.41) is 13.3. The summed E-state index contributed by atoms with van der Waals surface area (Å²) in [5.74, 6) is 1.46. The van der Waals surface area contributed by atoms with Crippen molar-refractivity contribution in [2.45, 2.75) is 76.8 Å². The summed E-state index contributed by atoms with van der Waals surface area (Å²) in [6.45, 7) is 4.63. The minimum atomic E-state index is -0.214. The highest BCUT2D eigenvalue weighted by Gasteiger charge is 2.39. The van der Waals surface area contributed by atoms with Crippen LogP contribution in [0.3, 0.4) is 0 Å². The topological polar surface area (TPSA) is 35.8 Å². The average Bonchev–Trinajstić information content (AvgIpc) is 2.35. The van der Waals surface area contributed by atoms with Gasteiger partial charge in [0.25, 0.3) is 0 Å². The zero-order valence-electron chi connectivity index (χ0n) is 11.3. The van der Waals surface area contributed by atoms with Gasteiger partial charge >= 0.3 is 0 Å². The summed E-state index contributed by atoms with van der Waals surface area (Å²) in [5.41, 5.74) is -0.214. The molecule has 2 rings (SSSR count). The van der Waals surface area contributed by atoms with Gasteiger partial charge in [-0.1, -0.05) is 33.1 Å². The average molecular weight is 234 g/mol. The zero-order chi connectivity index (χ0) is 12.3. The van der Waals surface area contributed by atoms with Crippen molar-refractivity contribution in [2.24, 2.45) is 11.8 Å². The number of hydrogen-bond donors (Lipinski definition) is 1. The maximum absolute atomic E-state index is 9.56. The molecule has 3 atom stereocenters.